The van der Waals surface area contributed by atoms with E-state index in [0.717, 1.165) is 5.19 Å². The molecule has 0 N–H and O–H groups in total. The van der Waals surface area contributed by atoms with Gasteiger partial charge in [0.15, 0.2) is 0 Å². The SMILES string of the molecule is C=CCO[Si](C)(OC)c1ccccc1. The maximum atomic E-state index is 5.71. The summed E-state index contributed by atoms with van der Waals surface area (Å²) in [7, 11) is -0.495. The average Bonchev–Trinajstić information content (AvgIpc) is 2.27. The third-order valence-electron chi connectivity index (χ3n) is 2.16. The van der Waals surface area contributed by atoms with E-state index in [9.17, 15) is 0 Å². The van der Waals surface area contributed by atoms with Crippen LogP contribution in [0.3, 0.4) is 0 Å². The van der Waals surface area contributed by atoms with Crippen LogP contribution in [0, 0.1) is 0 Å². The highest BCUT2D eigenvalue weighted by Gasteiger charge is 2.32. The van der Waals surface area contributed by atoms with E-state index in [1.807, 2.05) is 36.9 Å². The maximum Gasteiger partial charge on any atom is 0.369 e. The van der Waals surface area contributed by atoms with Gasteiger partial charge in [0.05, 0.1) is 6.61 Å². The van der Waals surface area contributed by atoms with Crippen LogP contribution in [0.4, 0.5) is 0 Å². The first-order valence-corrected chi connectivity index (χ1v) is 6.90. The van der Waals surface area contributed by atoms with Gasteiger partial charge in [-0.1, -0.05) is 36.4 Å². The molecule has 1 rings (SSSR count). The molecule has 1 atom stereocenters. The summed E-state index contributed by atoms with van der Waals surface area (Å²) < 4.78 is 11.2. The smallest absolute Gasteiger partial charge is 0.369 e. The standard InChI is InChI=1S/C11H16O2Si/c1-4-10-13-14(3,12-2)11-8-6-5-7-9-11/h4-9H,1,10H2,2-3H3. The fourth-order valence-electron chi connectivity index (χ4n) is 1.22. The van der Waals surface area contributed by atoms with Crippen molar-refractivity contribution in [3.63, 3.8) is 0 Å². The third kappa shape index (κ3) is 2.54. The summed E-state index contributed by atoms with van der Waals surface area (Å²) in [5, 5.41) is 1.14. The summed E-state index contributed by atoms with van der Waals surface area (Å²) in [6, 6.07) is 10.1. The lowest BCUT2D eigenvalue weighted by Gasteiger charge is -2.24. The molecule has 1 aromatic rings. The molecule has 1 aromatic carbocycles. The van der Waals surface area contributed by atoms with Crippen LogP contribution in [-0.4, -0.2) is 22.3 Å². The van der Waals surface area contributed by atoms with Gasteiger partial charge >= 0.3 is 8.56 Å². The summed E-state index contributed by atoms with van der Waals surface area (Å²) in [5.41, 5.74) is 0. The number of benzene rings is 1. The molecule has 76 valence electrons. The second-order valence-electron chi connectivity index (χ2n) is 3.12. The molecular weight excluding hydrogens is 192 g/mol. The van der Waals surface area contributed by atoms with E-state index in [2.05, 4.69) is 6.58 Å². The second-order valence-corrected chi connectivity index (χ2v) is 6.28. The van der Waals surface area contributed by atoms with Crippen molar-refractivity contribution in [2.24, 2.45) is 0 Å². The molecule has 3 heteroatoms. The van der Waals surface area contributed by atoms with E-state index >= 15 is 0 Å². The summed E-state index contributed by atoms with van der Waals surface area (Å²) >= 11 is 0. The molecule has 0 fully saturated rings. The quantitative estimate of drug-likeness (QED) is 0.543. The minimum absolute atomic E-state index is 0.533. The zero-order valence-electron chi connectivity index (χ0n) is 8.69. The first kappa shape index (κ1) is 11.2. The van der Waals surface area contributed by atoms with Crippen molar-refractivity contribution in [1.82, 2.24) is 0 Å². The fraction of sp³-hybridized carbons (Fsp3) is 0.273. The van der Waals surface area contributed by atoms with Crippen molar-refractivity contribution in [1.29, 1.82) is 0 Å². The Morgan fingerprint density at radius 2 is 2.00 bits per heavy atom. The highest BCUT2D eigenvalue weighted by atomic mass is 28.4. The maximum absolute atomic E-state index is 5.71. The van der Waals surface area contributed by atoms with Crippen LogP contribution >= 0.6 is 0 Å². The number of hydrogen-bond donors (Lipinski definition) is 0. The molecular formula is C11H16O2Si. The van der Waals surface area contributed by atoms with Crippen LogP contribution in [0.25, 0.3) is 0 Å². The van der Waals surface area contributed by atoms with E-state index in [0.29, 0.717) is 6.61 Å². The van der Waals surface area contributed by atoms with Gasteiger partial charge < -0.3 is 8.85 Å². The van der Waals surface area contributed by atoms with Crippen LogP contribution in [0.1, 0.15) is 0 Å². The Morgan fingerprint density at radius 3 is 2.50 bits per heavy atom. The van der Waals surface area contributed by atoms with Crippen LogP contribution in [-0.2, 0) is 8.85 Å². The molecule has 14 heavy (non-hydrogen) atoms. The van der Waals surface area contributed by atoms with Gasteiger partial charge in [0.1, 0.15) is 0 Å². The van der Waals surface area contributed by atoms with E-state index in [4.69, 9.17) is 8.85 Å². The fourth-order valence-corrected chi connectivity index (χ4v) is 2.97. The monoisotopic (exact) mass is 208 g/mol. The normalized spacial score (nSPS) is 14.7. The summed E-state index contributed by atoms with van der Waals surface area (Å²) in [5.74, 6) is 0. The molecule has 0 aliphatic rings. The first-order chi connectivity index (χ1) is 6.73. The Morgan fingerprint density at radius 1 is 1.36 bits per heavy atom. The third-order valence-corrected chi connectivity index (χ3v) is 5.04. The zero-order chi connectivity index (χ0) is 10.4. The van der Waals surface area contributed by atoms with Crippen LogP contribution in [0.2, 0.25) is 6.55 Å². The predicted octanol–water partition coefficient (Wildman–Crippen LogP) is 1.81. The summed E-state index contributed by atoms with van der Waals surface area (Å²) in [4.78, 5) is 0. The largest absolute Gasteiger partial charge is 0.394 e. The average molecular weight is 208 g/mol. The predicted molar refractivity (Wildman–Crippen MR) is 60.9 cm³/mol. The van der Waals surface area contributed by atoms with Gasteiger partial charge in [-0.15, -0.1) is 6.58 Å². The molecule has 0 heterocycles. The van der Waals surface area contributed by atoms with Gasteiger partial charge in [-0.05, 0) is 11.7 Å². The molecule has 0 saturated heterocycles. The van der Waals surface area contributed by atoms with Crippen LogP contribution in [0.5, 0.6) is 0 Å². The van der Waals surface area contributed by atoms with Gasteiger partial charge in [-0.25, -0.2) is 0 Å². The number of rotatable bonds is 5. The van der Waals surface area contributed by atoms with E-state index in [1.54, 1.807) is 13.2 Å². The molecule has 0 aromatic heterocycles. The Kier molecular flexibility index (Phi) is 4.07. The van der Waals surface area contributed by atoms with E-state index in [1.165, 1.54) is 0 Å². The van der Waals surface area contributed by atoms with Crippen molar-refractivity contribution in [2.75, 3.05) is 13.7 Å². The van der Waals surface area contributed by atoms with Crippen LogP contribution < -0.4 is 5.19 Å². The lowest BCUT2D eigenvalue weighted by atomic mass is 10.4. The van der Waals surface area contributed by atoms with Crippen LogP contribution in [0.15, 0.2) is 43.0 Å². The Balaban J connectivity index is 2.84. The zero-order valence-corrected chi connectivity index (χ0v) is 9.69. The van der Waals surface area contributed by atoms with Gasteiger partial charge in [-0.3, -0.25) is 0 Å². The van der Waals surface area contributed by atoms with Gasteiger partial charge in [0.2, 0.25) is 0 Å². The Bertz CT molecular complexity index is 287. The van der Waals surface area contributed by atoms with Crippen molar-refractivity contribution in [3.8, 4) is 0 Å². The topological polar surface area (TPSA) is 18.5 Å². The lowest BCUT2D eigenvalue weighted by Crippen LogP contribution is -2.50. The molecule has 0 aliphatic heterocycles. The first-order valence-electron chi connectivity index (χ1n) is 4.58. The molecule has 0 aliphatic carbocycles. The van der Waals surface area contributed by atoms with Crippen molar-refractivity contribution >= 4 is 13.7 Å². The second kappa shape index (κ2) is 5.10. The van der Waals surface area contributed by atoms with Gasteiger partial charge in [-0.2, -0.15) is 0 Å². The minimum Gasteiger partial charge on any atom is -0.394 e. The van der Waals surface area contributed by atoms with E-state index in [-0.39, 0.29) is 0 Å². The number of hydrogen-bond acceptors (Lipinski definition) is 2. The molecule has 0 amide bonds. The molecule has 0 bridgehead atoms. The lowest BCUT2D eigenvalue weighted by molar-refractivity contribution is 0.241. The highest BCUT2D eigenvalue weighted by molar-refractivity contribution is 6.79. The van der Waals surface area contributed by atoms with E-state index < -0.39 is 8.56 Å². The summed E-state index contributed by atoms with van der Waals surface area (Å²) in [6.45, 7) is 6.20. The minimum atomic E-state index is -2.19. The summed E-state index contributed by atoms with van der Waals surface area (Å²) in [6.07, 6.45) is 1.74. The van der Waals surface area contributed by atoms with Gasteiger partial charge in [0, 0.05) is 7.11 Å². The van der Waals surface area contributed by atoms with Crippen molar-refractivity contribution in [2.45, 2.75) is 6.55 Å². The molecule has 1 unspecified atom stereocenters. The molecule has 0 radical (unpaired) electrons. The van der Waals surface area contributed by atoms with Crippen molar-refractivity contribution < 1.29 is 8.85 Å². The molecule has 0 saturated carbocycles. The Labute approximate surface area is 86.4 Å². The Hall–Kier alpha value is -0.903. The molecule has 2 nitrogen and oxygen atoms in total. The van der Waals surface area contributed by atoms with Crippen molar-refractivity contribution in [3.05, 3.63) is 43.0 Å². The molecule has 0 spiro atoms. The highest BCUT2D eigenvalue weighted by Crippen LogP contribution is 2.06. The van der Waals surface area contributed by atoms with Gasteiger partial charge in [0.25, 0.3) is 0 Å².